The maximum atomic E-state index is 11.7. The first-order valence-electron chi connectivity index (χ1n) is 6.43. The van der Waals surface area contributed by atoms with Gasteiger partial charge in [0.05, 0.1) is 6.04 Å². The Morgan fingerprint density at radius 1 is 1.44 bits per heavy atom. The fourth-order valence-corrected chi connectivity index (χ4v) is 1.83. The molecule has 1 saturated heterocycles. The standard InChI is InChI=1S/C12H24N2O2/c1-2-9-16-10-5-8-14-12(15)11-6-3-4-7-13-11/h11,13H,2-10H2,1H3,(H,14,15)/t11-/m0/s1. The summed E-state index contributed by atoms with van der Waals surface area (Å²) in [5.74, 6) is 0.148. The second-order valence-corrected chi connectivity index (χ2v) is 4.26. The second kappa shape index (κ2) is 8.53. The Bertz CT molecular complexity index is 191. The van der Waals surface area contributed by atoms with Crippen LogP contribution in [0.15, 0.2) is 0 Å². The number of rotatable bonds is 7. The summed E-state index contributed by atoms with van der Waals surface area (Å²) >= 11 is 0. The van der Waals surface area contributed by atoms with Crippen LogP contribution in [-0.2, 0) is 9.53 Å². The highest BCUT2D eigenvalue weighted by molar-refractivity contribution is 5.81. The van der Waals surface area contributed by atoms with E-state index in [-0.39, 0.29) is 11.9 Å². The van der Waals surface area contributed by atoms with E-state index in [1.807, 2.05) is 0 Å². The zero-order chi connectivity index (χ0) is 11.6. The molecular formula is C12H24N2O2. The molecule has 1 heterocycles. The van der Waals surface area contributed by atoms with Crippen LogP contribution in [0.1, 0.15) is 39.0 Å². The third kappa shape index (κ3) is 5.47. The Labute approximate surface area is 98.1 Å². The van der Waals surface area contributed by atoms with Crippen LogP contribution in [-0.4, -0.2) is 38.3 Å². The van der Waals surface area contributed by atoms with Gasteiger partial charge in [-0.05, 0) is 32.2 Å². The normalized spacial score (nSPS) is 20.7. The lowest BCUT2D eigenvalue weighted by molar-refractivity contribution is -0.123. The van der Waals surface area contributed by atoms with Crippen molar-refractivity contribution in [1.29, 1.82) is 0 Å². The van der Waals surface area contributed by atoms with E-state index in [2.05, 4.69) is 17.6 Å². The van der Waals surface area contributed by atoms with Gasteiger partial charge in [-0.2, -0.15) is 0 Å². The third-order valence-electron chi connectivity index (χ3n) is 2.74. The molecule has 0 saturated carbocycles. The molecule has 94 valence electrons. The van der Waals surface area contributed by atoms with Crippen LogP contribution in [0.4, 0.5) is 0 Å². The highest BCUT2D eigenvalue weighted by Crippen LogP contribution is 2.06. The summed E-state index contributed by atoms with van der Waals surface area (Å²) in [5, 5.41) is 6.18. The van der Waals surface area contributed by atoms with Gasteiger partial charge < -0.3 is 15.4 Å². The molecule has 0 spiro atoms. The molecule has 0 aromatic heterocycles. The summed E-state index contributed by atoms with van der Waals surface area (Å²) in [5.41, 5.74) is 0. The lowest BCUT2D eigenvalue weighted by atomic mass is 10.0. The van der Waals surface area contributed by atoms with Crippen molar-refractivity contribution in [2.75, 3.05) is 26.3 Å². The zero-order valence-electron chi connectivity index (χ0n) is 10.3. The molecule has 1 fully saturated rings. The molecule has 1 rings (SSSR count). The Hall–Kier alpha value is -0.610. The lowest BCUT2D eigenvalue weighted by Crippen LogP contribution is -2.46. The molecule has 4 heteroatoms. The molecule has 16 heavy (non-hydrogen) atoms. The molecule has 1 atom stereocenters. The minimum absolute atomic E-state index is 0.0327. The number of hydrogen-bond acceptors (Lipinski definition) is 3. The predicted molar refractivity (Wildman–Crippen MR) is 64.4 cm³/mol. The van der Waals surface area contributed by atoms with Gasteiger partial charge in [-0.15, -0.1) is 0 Å². The molecule has 0 radical (unpaired) electrons. The third-order valence-corrected chi connectivity index (χ3v) is 2.74. The van der Waals surface area contributed by atoms with E-state index in [0.717, 1.165) is 52.0 Å². The van der Waals surface area contributed by atoms with Crippen molar-refractivity contribution in [3.63, 3.8) is 0 Å². The SMILES string of the molecule is CCCOCCCNC(=O)[C@@H]1CCCCN1. The van der Waals surface area contributed by atoms with Crippen LogP contribution >= 0.6 is 0 Å². The smallest absolute Gasteiger partial charge is 0.237 e. The minimum atomic E-state index is 0.0327. The van der Waals surface area contributed by atoms with Gasteiger partial charge in [0.15, 0.2) is 0 Å². The molecule has 1 aliphatic heterocycles. The van der Waals surface area contributed by atoms with Crippen molar-refractivity contribution in [1.82, 2.24) is 10.6 Å². The van der Waals surface area contributed by atoms with Gasteiger partial charge in [-0.3, -0.25) is 4.79 Å². The van der Waals surface area contributed by atoms with E-state index in [4.69, 9.17) is 4.74 Å². The van der Waals surface area contributed by atoms with Gasteiger partial charge in [0.1, 0.15) is 0 Å². The van der Waals surface area contributed by atoms with Gasteiger partial charge in [0.2, 0.25) is 5.91 Å². The monoisotopic (exact) mass is 228 g/mol. The van der Waals surface area contributed by atoms with Crippen LogP contribution in [0.2, 0.25) is 0 Å². The van der Waals surface area contributed by atoms with Gasteiger partial charge >= 0.3 is 0 Å². The van der Waals surface area contributed by atoms with E-state index in [1.165, 1.54) is 6.42 Å². The van der Waals surface area contributed by atoms with Gasteiger partial charge in [-0.1, -0.05) is 13.3 Å². The van der Waals surface area contributed by atoms with Crippen LogP contribution in [0.5, 0.6) is 0 Å². The van der Waals surface area contributed by atoms with E-state index < -0.39 is 0 Å². The summed E-state index contributed by atoms with van der Waals surface area (Å²) in [6.07, 6.45) is 5.27. The summed E-state index contributed by atoms with van der Waals surface area (Å²) in [4.78, 5) is 11.7. The van der Waals surface area contributed by atoms with E-state index in [1.54, 1.807) is 0 Å². The molecule has 2 N–H and O–H groups in total. The fraction of sp³-hybridized carbons (Fsp3) is 0.917. The van der Waals surface area contributed by atoms with Crippen molar-refractivity contribution in [3.05, 3.63) is 0 Å². The zero-order valence-corrected chi connectivity index (χ0v) is 10.3. The summed E-state index contributed by atoms with van der Waals surface area (Å²) < 4.78 is 5.34. The quantitative estimate of drug-likeness (QED) is 0.641. The molecule has 0 aromatic carbocycles. The van der Waals surface area contributed by atoms with E-state index >= 15 is 0 Å². The van der Waals surface area contributed by atoms with Crippen LogP contribution in [0.3, 0.4) is 0 Å². The molecular weight excluding hydrogens is 204 g/mol. The highest BCUT2D eigenvalue weighted by atomic mass is 16.5. The first-order valence-corrected chi connectivity index (χ1v) is 6.43. The molecule has 1 aliphatic rings. The van der Waals surface area contributed by atoms with Gasteiger partial charge in [-0.25, -0.2) is 0 Å². The highest BCUT2D eigenvalue weighted by Gasteiger charge is 2.19. The molecule has 0 aliphatic carbocycles. The minimum Gasteiger partial charge on any atom is -0.381 e. The number of ether oxygens (including phenoxy) is 1. The fourth-order valence-electron chi connectivity index (χ4n) is 1.83. The second-order valence-electron chi connectivity index (χ2n) is 4.26. The number of hydrogen-bond donors (Lipinski definition) is 2. The van der Waals surface area contributed by atoms with Crippen LogP contribution in [0, 0.1) is 0 Å². The van der Waals surface area contributed by atoms with Crippen molar-refractivity contribution >= 4 is 5.91 Å². The largest absolute Gasteiger partial charge is 0.381 e. The van der Waals surface area contributed by atoms with E-state index in [0.29, 0.717) is 0 Å². The summed E-state index contributed by atoms with van der Waals surface area (Å²) in [6, 6.07) is 0.0327. The number of carbonyl (C=O) groups is 1. The van der Waals surface area contributed by atoms with Gasteiger partial charge in [0, 0.05) is 19.8 Å². The van der Waals surface area contributed by atoms with Crippen molar-refractivity contribution in [2.24, 2.45) is 0 Å². The summed E-state index contributed by atoms with van der Waals surface area (Å²) in [7, 11) is 0. The van der Waals surface area contributed by atoms with Gasteiger partial charge in [0.25, 0.3) is 0 Å². The lowest BCUT2D eigenvalue weighted by Gasteiger charge is -2.22. The average Bonchev–Trinajstić information content (AvgIpc) is 2.34. The van der Waals surface area contributed by atoms with Crippen molar-refractivity contribution in [2.45, 2.75) is 45.1 Å². The maximum absolute atomic E-state index is 11.7. The molecule has 0 aromatic rings. The Balaban J connectivity index is 1.97. The first-order chi connectivity index (χ1) is 7.84. The Kier molecular flexibility index (Phi) is 7.17. The number of carbonyl (C=O) groups excluding carboxylic acids is 1. The molecule has 4 nitrogen and oxygen atoms in total. The topological polar surface area (TPSA) is 50.4 Å². The first kappa shape index (κ1) is 13.5. The molecule has 0 unspecified atom stereocenters. The molecule has 1 amide bonds. The molecule has 0 bridgehead atoms. The summed E-state index contributed by atoms with van der Waals surface area (Å²) in [6.45, 7) is 5.35. The Morgan fingerprint density at radius 2 is 2.31 bits per heavy atom. The van der Waals surface area contributed by atoms with Crippen molar-refractivity contribution < 1.29 is 9.53 Å². The average molecular weight is 228 g/mol. The predicted octanol–water partition coefficient (Wildman–Crippen LogP) is 1.06. The van der Waals surface area contributed by atoms with Crippen LogP contribution in [0.25, 0.3) is 0 Å². The maximum Gasteiger partial charge on any atom is 0.237 e. The van der Waals surface area contributed by atoms with Crippen molar-refractivity contribution in [3.8, 4) is 0 Å². The number of nitrogens with one attached hydrogen (secondary N) is 2. The number of piperidine rings is 1. The van der Waals surface area contributed by atoms with E-state index in [9.17, 15) is 4.79 Å². The number of amides is 1. The Morgan fingerprint density at radius 3 is 3.00 bits per heavy atom. The van der Waals surface area contributed by atoms with Crippen LogP contribution < -0.4 is 10.6 Å².